The summed E-state index contributed by atoms with van der Waals surface area (Å²) in [7, 11) is 0. The molecule has 0 radical (unpaired) electrons. The fraction of sp³-hybridized carbons (Fsp3) is 0.435. The van der Waals surface area contributed by atoms with Gasteiger partial charge in [0.05, 0.1) is 5.56 Å². The van der Waals surface area contributed by atoms with Crippen LogP contribution in [0.3, 0.4) is 0 Å². The van der Waals surface area contributed by atoms with Crippen molar-refractivity contribution in [3.05, 3.63) is 71.0 Å². The average molecular weight is 405 g/mol. The topological polar surface area (TPSA) is 20.3 Å². The molecule has 2 heterocycles. The monoisotopic (exact) mass is 405 g/mol. The molecular weight excluding hydrogens is 382 g/mol. The standard InChI is InChI=1S/C23H23F4NO/c24-21-13-18(23(25,26)27)7-6-16(21)12-22(29)17-10-19-8-9-20(11-17)28(19)14-15-4-2-1-3-5-15/h1-7,13,17,19-20H,8-12,14H2. The Hall–Kier alpha value is -2.21. The van der Waals surface area contributed by atoms with Crippen LogP contribution < -0.4 is 0 Å². The minimum atomic E-state index is -4.59. The first-order valence-electron chi connectivity index (χ1n) is 9.99. The molecule has 0 spiro atoms. The van der Waals surface area contributed by atoms with E-state index in [9.17, 15) is 22.4 Å². The van der Waals surface area contributed by atoms with Gasteiger partial charge in [-0.15, -0.1) is 0 Å². The number of fused-ring (bicyclic) bond motifs is 2. The van der Waals surface area contributed by atoms with E-state index >= 15 is 0 Å². The highest BCUT2D eigenvalue weighted by atomic mass is 19.4. The molecule has 2 nitrogen and oxygen atoms in total. The highest BCUT2D eigenvalue weighted by Crippen LogP contribution is 2.40. The predicted octanol–water partition coefficient (Wildman–Crippen LogP) is 5.40. The van der Waals surface area contributed by atoms with Crippen molar-refractivity contribution in [1.82, 2.24) is 4.90 Å². The van der Waals surface area contributed by atoms with E-state index in [0.29, 0.717) is 18.2 Å². The number of benzene rings is 2. The van der Waals surface area contributed by atoms with Crippen molar-refractivity contribution in [1.29, 1.82) is 0 Å². The van der Waals surface area contributed by atoms with Crippen LogP contribution >= 0.6 is 0 Å². The molecule has 154 valence electrons. The molecular formula is C23H23F4NO. The molecule has 2 aliphatic heterocycles. The third-order valence-electron chi connectivity index (χ3n) is 6.29. The largest absolute Gasteiger partial charge is 0.416 e. The first-order chi connectivity index (χ1) is 13.8. The molecule has 2 aromatic carbocycles. The summed E-state index contributed by atoms with van der Waals surface area (Å²) in [6.07, 6.45) is -1.15. The van der Waals surface area contributed by atoms with Crippen LogP contribution in [0.15, 0.2) is 48.5 Å². The van der Waals surface area contributed by atoms with Crippen molar-refractivity contribution in [2.24, 2.45) is 5.92 Å². The molecule has 2 saturated heterocycles. The third kappa shape index (κ3) is 4.37. The van der Waals surface area contributed by atoms with E-state index in [4.69, 9.17) is 0 Å². The molecule has 2 fully saturated rings. The van der Waals surface area contributed by atoms with E-state index in [2.05, 4.69) is 17.0 Å². The summed E-state index contributed by atoms with van der Waals surface area (Å²) in [5, 5.41) is 0. The average Bonchev–Trinajstić information content (AvgIpc) is 2.90. The number of carbonyl (C=O) groups is 1. The second-order valence-electron chi connectivity index (χ2n) is 8.16. The summed E-state index contributed by atoms with van der Waals surface area (Å²) in [5.41, 5.74) is 0.265. The number of rotatable bonds is 5. The number of alkyl halides is 3. The van der Waals surface area contributed by atoms with Crippen LogP contribution in [0.4, 0.5) is 17.6 Å². The van der Waals surface area contributed by atoms with Gasteiger partial charge in [-0.2, -0.15) is 13.2 Å². The molecule has 2 atom stereocenters. The normalized spacial score (nSPS) is 24.6. The van der Waals surface area contributed by atoms with Crippen LogP contribution in [0.2, 0.25) is 0 Å². The molecule has 6 heteroatoms. The Kier molecular flexibility index (Phi) is 5.47. The predicted molar refractivity (Wildman–Crippen MR) is 102 cm³/mol. The van der Waals surface area contributed by atoms with Gasteiger partial charge in [-0.25, -0.2) is 4.39 Å². The highest BCUT2D eigenvalue weighted by Gasteiger charge is 2.42. The van der Waals surface area contributed by atoms with E-state index in [0.717, 1.165) is 44.4 Å². The smallest absolute Gasteiger partial charge is 0.299 e. The number of hydrogen-bond donors (Lipinski definition) is 0. The van der Waals surface area contributed by atoms with Crippen LogP contribution in [0, 0.1) is 11.7 Å². The molecule has 0 N–H and O–H groups in total. The molecule has 2 aliphatic rings. The summed E-state index contributed by atoms with van der Waals surface area (Å²) in [6, 6.07) is 13.3. The van der Waals surface area contributed by atoms with Crippen molar-refractivity contribution in [3.8, 4) is 0 Å². The lowest BCUT2D eigenvalue weighted by Crippen LogP contribution is -2.44. The van der Waals surface area contributed by atoms with E-state index in [1.807, 2.05) is 18.2 Å². The van der Waals surface area contributed by atoms with Gasteiger partial charge in [0.25, 0.3) is 0 Å². The Morgan fingerprint density at radius 1 is 1.00 bits per heavy atom. The van der Waals surface area contributed by atoms with Gasteiger partial charge in [0.15, 0.2) is 0 Å². The van der Waals surface area contributed by atoms with Crippen LogP contribution in [0.25, 0.3) is 0 Å². The molecule has 0 amide bonds. The van der Waals surface area contributed by atoms with Gasteiger partial charge in [0, 0.05) is 31.0 Å². The number of ketones is 1. The molecule has 0 aromatic heterocycles. The van der Waals surface area contributed by atoms with Crippen LogP contribution in [0.5, 0.6) is 0 Å². The van der Waals surface area contributed by atoms with E-state index in [1.54, 1.807) is 0 Å². The number of Topliss-reactive ketones (excluding diaryl/α,β-unsaturated/α-hetero) is 1. The highest BCUT2D eigenvalue weighted by molar-refractivity contribution is 5.83. The van der Waals surface area contributed by atoms with Crippen molar-refractivity contribution in [2.75, 3.05) is 0 Å². The summed E-state index contributed by atoms with van der Waals surface area (Å²) in [6.45, 7) is 0.866. The Labute approximate surface area is 167 Å². The number of carbonyl (C=O) groups excluding carboxylic acids is 1. The van der Waals surface area contributed by atoms with Crippen molar-refractivity contribution in [2.45, 2.75) is 56.9 Å². The van der Waals surface area contributed by atoms with Gasteiger partial charge < -0.3 is 0 Å². The second kappa shape index (κ2) is 7.90. The molecule has 2 unspecified atom stereocenters. The van der Waals surface area contributed by atoms with Crippen LogP contribution in [0.1, 0.15) is 42.4 Å². The fourth-order valence-electron chi connectivity index (χ4n) is 4.79. The Balaban J connectivity index is 1.40. The van der Waals surface area contributed by atoms with Gasteiger partial charge in [-0.3, -0.25) is 9.69 Å². The minimum Gasteiger partial charge on any atom is -0.299 e. The van der Waals surface area contributed by atoms with Gasteiger partial charge in [0.1, 0.15) is 11.6 Å². The van der Waals surface area contributed by atoms with Crippen molar-refractivity contribution in [3.63, 3.8) is 0 Å². The maximum atomic E-state index is 14.1. The molecule has 0 aliphatic carbocycles. The van der Waals surface area contributed by atoms with E-state index < -0.39 is 17.6 Å². The Morgan fingerprint density at radius 2 is 1.66 bits per heavy atom. The summed E-state index contributed by atoms with van der Waals surface area (Å²) < 4.78 is 52.2. The molecule has 29 heavy (non-hydrogen) atoms. The SMILES string of the molecule is O=C(Cc1ccc(C(F)(F)F)cc1F)C1CC2CCC(C1)N2Cc1ccccc1. The zero-order valence-electron chi connectivity index (χ0n) is 16.0. The van der Waals surface area contributed by atoms with E-state index in [1.165, 1.54) is 5.56 Å². The summed E-state index contributed by atoms with van der Waals surface area (Å²) >= 11 is 0. The van der Waals surface area contributed by atoms with Gasteiger partial charge in [-0.1, -0.05) is 36.4 Å². The summed E-state index contributed by atoms with van der Waals surface area (Å²) in [4.78, 5) is 15.2. The van der Waals surface area contributed by atoms with Crippen LogP contribution in [-0.2, 0) is 23.9 Å². The Morgan fingerprint density at radius 3 is 2.24 bits per heavy atom. The molecule has 4 rings (SSSR count). The number of hydrogen-bond acceptors (Lipinski definition) is 2. The lowest BCUT2D eigenvalue weighted by atomic mass is 9.84. The maximum absolute atomic E-state index is 14.1. The van der Waals surface area contributed by atoms with Gasteiger partial charge in [0.2, 0.25) is 0 Å². The summed E-state index contributed by atoms with van der Waals surface area (Å²) in [5.74, 6) is -1.18. The number of halogens is 4. The number of piperidine rings is 1. The fourth-order valence-corrected chi connectivity index (χ4v) is 4.79. The zero-order chi connectivity index (χ0) is 20.6. The van der Waals surface area contributed by atoms with Crippen molar-refractivity contribution >= 4 is 5.78 Å². The van der Waals surface area contributed by atoms with Crippen molar-refractivity contribution < 1.29 is 22.4 Å². The Bertz CT molecular complexity index is 866. The second-order valence-corrected chi connectivity index (χ2v) is 8.16. The zero-order valence-corrected chi connectivity index (χ0v) is 16.0. The quantitative estimate of drug-likeness (QED) is 0.621. The van der Waals surface area contributed by atoms with Gasteiger partial charge >= 0.3 is 6.18 Å². The first kappa shape index (κ1) is 20.1. The third-order valence-corrected chi connectivity index (χ3v) is 6.29. The van der Waals surface area contributed by atoms with Gasteiger partial charge in [-0.05, 0) is 48.9 Å². The lowest BCUT2D eigenvalue weighted by Gasteiger charge is -2.38. The molecule has 2 aromatic rings. The molecule has 2 bridgehead atoms. The number of nitrogens with zero attached hydrogens (tertiary/aromatic N) is 1. The molecule has 0 saturated carbocycles. The lowest BCUT2D eigenvalue weighted by molar-refractivity contribution is -0.137. The first-order valence-corrected chi connectivity index (χ1v) is 9.99. The maximum Gasteiger partial charge on any atom is 0.416 e. The van der Waals surface area contributed by atoms with Crippen LogP contribution in [-0.4, -0.2) is 22.8 Å². The van der Waals surface area contributed by atoms with E-state index in [-0.39, 0.29) is 23.7 Å². The minimum absolute atomic E-state index is 0.0436.